The summed E-state index contributed by atoms with van der Waals surface area (Å²) in [5.41, 5.74) is 2.86. The van der Waals surface area contributed by atoms with Crippen LogP contribution < -0.4 is 14.8 Å². The van der Waals surface area contributed by atoms with Gasteiger partial charge in [-0.3, -0.25) is 9.27 Å². The molecule has 0 aliphatic rings. The lowest BCUT2D eigenvalue weighted by Gasteiger charge is -2.09. The van der Waals surface area contributed by atoms with Crippen molar-refractivity contribution in [2.24, 2.45) is 0 Å². The summed E-state index contributed by atoms with van der Waals surface area (Å²) in [5.74, 6) is 0.858. The Hall–Kier alpha value is -2.09. The van der Waals surface area contributed by atoms with E-state index in [9.17, 15) is 4.21 Å². The van der Waals surface area contributed by atoms with Crippen LogP contribution in [0.1, 0.15) is 12.0 Å². The van der Waals surface area contributed by atoms with Crippen molar-refractivity contribution in [3.05, 3.63) is 54.1 Å². The maximum absolute atomic E-state index is 10.7. The first-order chi connectivity index (χ1) is 12.2. The van der Waals surface area contributed by atoms with Crippen molar-refractivity contribution in [1.29, 1.82) is 0 Å². The predicted molar refractivity (Wildman–Crippen MR) is 101 cm³/mol. The molecule has 3 N–H and O–H groups in total. The number of benzene rings is 2. The van der Waals surface area contributed by atoms with E-state index in [4.69, 9.17) is 14.0 Å². The molecule has 7 heteroatoms. The molecule has 2 rings (SSSR count). The van der Waals surface area contributed by atoms with Crippen LogP contribution in [0.2, 0.25) is 0 Å². The quantitative estimate of drug-likeness (QED) is 0.421. The molecular weight excluding hydrogens is 340 g/mol. The smallest absolute Gasteiger partial charge is 0.259 e. The summed E-state index contributed by atoms with van der Waals surface area (Å²) >= 11 is -2.04. The second-order valence-electron chi connectivity index (χ2n) is 5.44. The Morgan fingerprint density at radius 3 is 2.32 bits per heavy atom. The molecule has 25 heavy (non-hydrogen) atoms. The van der Waals surface area contributed by atoms with Crippen LogP contribution in [-0.2, 0) is 22.4 Å². The molecule has 0 saturated carbocycles. The zero-order valence-corrected chi connectivity index (χ0v) is 15.1. The topological polar surface area (TPSA) is 79.8 Å². The Morgan fingerprint density at radius 2 is 1.68 bits per heavy atom. The molecule has 6 nitrogen and oxygen atoms in total. The number of methoxy groups -OCH3 is 1. The summed E-state index contributed by atoms with van der Waals surface area (Å²) in [6.45, 7) is 2.00. The van der Waals surface area contributed by atoms with Crippen LogP contribution >= 0.6 is 0 Å². The summed E-state index contributed by atoms with van der Waals surface area (Å²) in [4.78, 5) is 0. The zero-order chi connectivity index (χ0) is 17.9. The van der Waals surface area contributed by atoms with Gasteiger partial charge in [0.15, 0.2) is 0 Å². The fourth-order valence-electron chi connectivity index (χ4n) is 2.28. The number of hydrogen-bond donors (Lipinski definition) is 3. The number of rotatable bonds is 11. The second kappa shape index (κ2) is 10.7. The van der Waals surface area contributed by atoms with Crippen molar-refractivity contribution in [3.63, 3.8) is 0 Å². The lowest BCUT2D eigenvalue weighted by molar-refractivity contribution is 0.146. The van der Waals surface area contributed by atoms with Gasteiger partial charge in [0.2, 0.25) is 0 Å². The SMILES string of the molecule is COCCOc1ccc(CCCNc2ccc(NS(=O)O)cc2)cc1. The number of hydrogen-bond acceptors (Lipinski definition) is 4. The maximum Gasteiger partial charge on any atom is 0.259 e. The highest BCUT2D eigenvalue weighted by molar-refractivity contribution is 7.80. The van der Waals surface area contributed by atoms with Gasteiger partial charge in [0.25, 0.3) is 11.3 Å². The van der Waals surface area contributed by atoms with Crippen LogP contribution in [0.25, 0.3) is 0 Å². The fourth-order valence-corrected chi connectivity index (χ4v) is 2.62. The van der Waals surface area contributed by atoms with Crippen molar-refractivity contribution in [2.75, 3.05) is 36.9 Å². The molecule has 0 aliphatic heterocycles. The van der Waals surface area contributed by atoms with Gasteiger partial charge in [0, 0.05) is 25.0 Å². The monoisotopic (exact) mass is 364 g/mol. The van der Waals surface area contributed by atoms with E-state index in [2.05, 4.69) is 22.2 Å². The molecule has 0 spiro atoms. The summed E-state index contributed by atoms with van der Waals surface area (Å²) in [7, 11) is 1.66. The number of aryl methyl sites for hydroxylation is 1. The normalized spacial score (nSPS) is 11.8. The first kappa shape index (κ1) is 19.2. The van der Waals surface area contributed by atoms with Crippen molar-refractivity contribution >= 4 is 22.6 Å². The average molecular weight is 364 g/mol. The highest BCUT2D eigenvalue weighted by Crippen LogP contribution is 2.15. The van der Waals surface area contributed by atoms with Crippen molar-refractivity contribution in [1.82, 2.24) is 0 Å². The molecular formula is C18H24N2O4S. The van der Waals surface area contributed by atoms with E-state index in [1.165, 1.54) is 5.56 Å². The van der Waals surface area contributed by atoms with Gasteiger partial charge in [-0.05, 0) is 54.8 Å². The second-order valence-corrected chi connectivity index (χ2v) is 6.15. The molecule has 0 aliphatic carbocycles. The van der Waals surface area contributed by atoms with Crippen molar-refractivity contribution < 1.29 is 18.2 Å². The third-order valence-electron chi connectivity index (χ3n) is 3.54. The van der Waals surface area contributed by atoms with E-state index in [1.807, 2.05) is 24.3 Å². The van der Waals surface area contributed by atoms with E-state index in [0.717, 1.165) is 30.8 Å². The molecule has 0 radical (unpaired) electrons. The number of nitrogens with one attached hydrogen (secondary N) is 2. The van der Waals surface area contributed by atoms with E-state index < -0.39 is 11.3 Å². The molecule has 2 aromatic rings. The van der Waals surface area contributed by atoms with Crippen molar-refractivity contribution in [2.45, 2.75) is 12.8 Å². The Morgan fingerprint density at radius 1 is 1.00 bits per heavy atom. The Labute approximate surface area is 151 Å². The van der Waals surface area contributed by atoms with Crippen molar-refractivity contribution in [3.8, 4) is 5.75 Å². The molecule has 1 atom stereocenters. The van der Waals surface area contributed by atoms with E-state index in [0.29, 0.717) is 18.9 Å². The first-order valence-corrected chi connectivity index (χ1v) is 9.20. The standard InChI is InChI=1S/C18H24N2O4S/c1-23-13-14-24-18-10-4-15(5-11-18)3-2-12-19-16-6-8-17(9-7-16)20-25(21)22/h4-11,19-20H,2-3,12-14H2,1H3,(H,21,22). The molecule has 0 aromatic heterocycles. The van der Waals surface area contributed by atoms with E-state index in [-0.39, 0.29) is 0 Å². The minimum absolute atomic E-state index is 0.558. The van der Waals surface area contributed by atoms with Crippen LogP contribution in [0.3, 0.4) is 0 Å². The Balaban J connectivity index is 1.67. The number of anilines is 2. The minimum atomic E-state index is -2.04. The van der Waals surface area contributed by atoms with Gasteiger partial charge in [-0.2, -0.15) is 0 Å². The van der Waals surface area contributed by atoms with Gasteiger partial charge in [0.1, 0.15) is 12.4 Å². The highest BCUT2D eigenvalue weighted by Gasteiger charge is 1.98. The minimum Gasteiger partial charge on any atom is -0.491 e. The van der Waals surface area contributed by atoms with E-state index >= 15 is 0 Å². The average Bonchev–Trinajstić information content (AvgIpc) is 2.61. The molecule has 1 unspecified atom stereocenters. The van der Waals surface area contributed by atoms with Crippen LogP contribution in [0.4, 0.5) is 11.4 Å². The predicted octanol–water partition coefficient (Wildman–Crippen LogP) is 3.31. The maximum atomic E-state index is 10.7. The first-order valence-electron chi connectivity index (χ1n) is 8.09. The molecule has 136 valence electrons. The summed E-state index contributed by atoms with van der Waals surface area (Å²) in [6.07, 6.45) is 1.99. The van der Waals surface area contributed by atoms with Crippen LogP contribution in [0.5, 0.6) is 5.75 Å². The van der Waals surface area contributed by atoms with Gasteiger partial charge < -0.3 is 14.8 Å². The number of ether oxygens (including phenoxy) is 2. The van der Waals surface area contributed by atoms with Gasteiger partial charge >= 0.3 is 0 Å². The summed E-state index contributed by atoms with van der Waals surface area (Å²) < 4.78 is 32.3. The van der Waals surface area contributed by atoms with Crippen LogP contribution in [0, 0.1) is 0 Å². The lowest BCUT2D eigenvalue weighted by atomic mass is 10.1. The molecule has 0 fully saturated rings. The van der Waals surface area contributed by atoms with Gasteiger partial charge in [-0.15, -0.1) is 0 Å². The lowest BCUT2D eigenvalue weighted by Crippen LogP contribution is -2.05. The molecule has 0 heterocycles. The molecule has 2 aromatic carbocycles. The highest BCUT2D eigenvalue weighted by atomic mass is 32.2. The molecule has 0 saturated heterocycles. The van der Waals surface area contributed by atoms with Gasteiger partial charge in [-0.25, -0.2) is 4.21 Å². The van der Waals surface area contributed by atoms with Gasteiger partial charge in [-0.1, -0.05) is 12.1 Å². The van der Waals surface area contributed by atoms with Crippen LogP contribution in [-0.4, -0.2) is 35.6 Å². The third-order valence-corrected chi connectivity index (χ3v) is 3.95. The molecule has 0 amide bonds. The van der Waals surface area contributed by atoms with Gasteiger partial charge in [0.05, 0.1) is 6.61 Å². The molecule has 0 bridgehead atoms. The fraction of sp³-hybridized carbons (Fsp3) is 0.333. The third kappa shape index (κ3) is 7.55. The summed E-state index contributed by atoms with van der Waals surface area (Å²) in [6, 6.07) is 15.4. The summed E-state index contributed by atoms with van der Waals surface area (Å²) in [5, 5.41) is 3.34. The van der Waals surface area contributed by atoms with E-state index in [1.54, 1.807) is 19.2 Å². The Bertz CT molecular complexity index is 647. The largest absolute Gasteiger partial charge is 0.491 e. The Kier molecular flexibility index (Phi) is 8.24. The van der Waals surface area contributed by atoms with Crippen LogP contribution in [0.15, 0.2) is 48.5 Å². The zero-order valence-electron chi connectivity index (χ0n) is 14.2.